The first-order chi connectivity index (χ1) is 17.4. The van der Waals surface area contributed by atoms with Gasteiger partial charge in [-0.1, -0.05) is 60.7 Å². The number of pyridine rings is 1. The lowest BCUT2D eigenvalue weighted by molar-refractivity contribution is -0.131. The predicted molar refractivity (Wildman–Crippen MR) is 164 cm³/mol. The van der Waals surface area contributed by atoms with Gasteiger partial charge < -0.3 is 14.0 Å². The summed E-state index contributed by atoms with van der Waals surface area (Å²) in [4.78, 5) is 35.9. The van der Waals surface area contributed by atoms with Crippen molar-refractivity contribution in [1.82, 2.24) is 14.5 Å². The normalized spacial score (nSPS) is 15.7. The molecule has 2 aromatic heterocycles. The highest BCUT2D eigenvalue weighted by Gasteiger charge is 2.52. The highest BCUT2D eigenvalue weighted by molar-refractivity contribution is 9.12. The molecule has 4 rings (SSSR count). The molecule has 0 saturated carbocycles. The highest BCUT2D eigenvalue weighted by atomic mass is 79.9. The molecule has 1 aliphatic rings. The number of hydrogen-bond acceptors (Lipinski definition) is 4. The van der Waals surface area contributed by atoms with E-state index >= 15 is 0 Å². The first-order valence-electron chi connectivity index (χ1n) is 12.9. The van der Waals surface area contributed by atoms with Gasteiger partial charge in [-0.05, 0) is 69.4 Å². The van der Waals surface area contributed by atoms with E-state index in [0.29, 0.717) is 27.0 Å². The van der Waals surface area contributed by atoms with Crippen LogP contribution in [0, 0.1) is 0 Å². The van der Waals surface area contributed by atoms with E-state index in [2.05, 4.69) is 93.6 Å². The van der Waals surface area contributed by atoms with E-state index in [9.17, 15) is 9.59 Å². The van der Waals surface area contributed by atoms with Crippen LogP contribution in [-0.2, 0) is 9.59 Å². The molecule has 38 heavy (non-hydrogen) atoms. The molecule has 1 aromatic carbocycles. The van der Waals surface area contributed by atoms with Gasteiger partial charge in [0.05, 0.1) is 21.4 Å². The van der Waals surface area contributed by atoms with Gasteiger partial charge in [-0.15, -0.1) is 0 Å². The summed E-state index contributed by atoms with van der Waals surface area (Å²) in [6.45, 7) is 21.5. The molecule has 0 unspecified atom stereocenters. The number of carbonyl (C=O) groups excluding carboxylic acids is 2. The van der Waals surface area contributed by atoms with E-state index in [4.69, 9.17) is 4.43 Å². The van der Waals surface area contributed by atoms with Crippen LogP contribution in [-0.4, -0.2) is 42.9 Å². The minimum absolute atomic E-state index is 0.0329. The fourth-order valence-electron chi connectivity index (χ4n) is 4.21. The Kier molecular flexibility index (Phi) is 6.98. The van der Waals surface area contributed by atoms with Crippen molar-refractivity contribution in [1.29, 1.82) is 0 Å². The number of hydrogen-bond donors (Lipinski definition) is 1. The summed E-state index contributed by atoms with van der Waals surface area (Å²) < 4.78 is 8.45. The number of fused-ring (bicyclic) bond motifs is 1. The van der Waals surface area contributed by atoms with Gasteiger partial charge in [-0.25, -0.2) is 0 Å². The zero-order chi connectivity index (χ0) is 28.4. The lowest BCUT2D eigenvalue weighted by Gasteiger charge is -2.42. The SMILES string of the molecule is CC(C)(C)[Si](C)(C)Oc1ccc2[nH]c(-c3ccccn3)c(C3=C(Br)C(=O)N([Si](C)(C)C(C)(C)C)C3=O)c2c1. The Morgan fingerprint density at radius 1 is 0.921 bits per heavy atom. The zero-order valence-corrected chi connectivity index (χ0v) is 27.6. The first-order valence-corrected chi connectivity index (χ1v) is 19.6. The molecule has 9 heteroatoms. The number of carbonyl (C=O) groups is 2. The molecule has 0 saturated heterocycles. The molecule has 0 radical (unpaired) electrons. The molecule has 1 aliphatic heterocycles. The molecule has 3 aromatic rings. The smallest absolute Gasteiger partial charge is 0.260 e. The van der Waals surface area contributed by atoms with Gasteiger partial charge in [0, 0.05) is 22.7 Å². The molecular formula is C29H38BrN3O3Si2. The highest BCUT2D eigenvalue weighted by Crippen LogP contribution is 2.47. The molecule has 0 aliphatic carbocycles. The first kappa shape index (κ1) is 28.5. The van der Waals surface area contributed by atoms with Crippen molar-refractivity contribution in [2.45, 2.75) is 77.8 Å². The quantitative estimate of drug-likeness (QED) is 0.233. The Labute approximate surface area is 236 Å². The summed E-state index contributed by atoms with van der Waals surface area (Å²) >= 11 is 3.55. The number of aromatic amines is 1. The van der Waals surface area contributed by atoms with Crippen molar-refractivity contribution in [3.8, 4) is 17.1 Å². The Bertz CT molecular complexity index is 1460. The average Bonchev–Trinajstić information content (AvgIpc) is 3.26. The van der Waals surface area contributed by atoms with Crippen molar-refractivity contribution in [2.75, 3.05) is 0 Å². The van der Waals surface area contributed by atoms with Gasteiger partial charge in [0.15, 0.2) is 8.24 Å². The maximum atomic E-state index is 14.2. The summed E-state index contributed by atoms with van der Waals surface area (Å²) in [5.74, 6) is 0.223. The summed E-state index contributed by atoms with van der Waals surface area (Å²) in [5, 5.41) is 0.660. The van der Waals surface area contributed by atoms with Crippen LogP contribution in [0.1, 0.15) is 47.1 Å². The van der Waals surface area contributed by atoms with Crippen LogP contribution in [0.2, 0.25) is 36.3 Å². The number of H-pyrrole nitrogens is 1. The Morgan fingerprint density at radius 3 is 2.13 bits per heavy atom. The van der Waals surface area contributed by atoms with Crippen molar-refractivity contribution >= 4 is 60.8 Å². The van der Waals surface area contributed by atoms with Crippen LogP contribution in [0.3, 0.4) is 0 Å². The number of nitrogens with zero attached hydrogens (tertiary/aromatic N) is 2. The van der Waals surface area contributed by atoms with E-state index in [-0.39, 0.29) is 21.9 Å². The number of aromatic nitrogens is 2. The zero-order valence-electron chi connectivity index (χ0n) is 24.0. The van der Waals surface area contributed by atoms with Gasteiger partial charge >= 0.3 is 0 Å². The summed E-state index contributed by atoms with van der Waals surface area (Å²) in [5.41, 5.74) is 3.30. The van der Waals surface area contributed by atoms with Gasteiger partial charge in [0.1, 0.15) is 5.75 Å². The van der Waals surface area contributed by atoms with Gasteiger partial charge in [-0.2, -0.15) is 0 Å². The molecule has 0 atom stereocenters. The van der Waals surface area contributed by atoms with E-state index < -0.39 is 16.6 Å². The summed E-state index contributed by atoms with van der Waals surface area (Å²) in [6.07, 6.45) is 1.73. The number of nitrogens with one attached hydrogen (secondary N) is 1. The number of amides is 2. The average molecular weight is 613 g/mol. The lowest BCUT2D eigenvalue weighted by Crippen LogP contribution is -2.57. The Morgan fingerprint density at radius 2 is 1.58 bits per heavy atom. The van der Waals surface area contributed by atoms with Crippen LogP contribution < -0.4 is 4.43 Å². The second kappa shape index (κ2) is 9.31. The number of imide groups is 1. The largest absolute Gasteiger partial charge is 0.543 e. The number of rotatable bonds is 5. The van der Waals surface area contributed by atoms with Crippen molar-refractivity contribution < 1.29 is 14.0 Å². The number of benzene rings is 1. The molecule has 3 heterocycles. The van der Waals surface area contributed by atoms with Crippen molar-refractivity contribution in [3.63, 3.8) is 0 Å². The third kappa shape index (κ3) is 4.62. The summed E-state index contributed by atoms with van der Waals surface area (Å²) in [7, 11) is -4.61. The topological polar surface area (TPSA) is 75.3 Å². The molecule has 2 amide bonds. The lowest BCUT2D eigenvalue weighted by atomic mass is 10.00. The maximum Gasteiger partial charge on any atom is 0.260 e. The molecule has 1 N–H and O–H groups in total. The summed E-state index contributed by atoms with van der Waals surface area (Å²) in [6, 6.07) is 11.6. The molecule has 0 spiro atoms. The van der Waals surface area contributed by atoms with E-state index in [0.717, 1.165) is 16.7 Å². The Hall–Kier alpha value is -2.50. The Balaban J connectivity index is 1.97. The number of halogens is 1. The minimum atomic E-state index is -2.50. The molecule has 6 nitrogen and oxygen atoms in total. The van der Waals surface area contributed by atoms with Crippen molar-refractivity contribution in [3.05, 3.63) is 52.6 Å². The minimum Gasteiger partial charge on any atom is -0.543 e. The maximum absolute atomic E-state index is 14.2. The van der Waals surface area contributed by atoms with Crippen molar-refractivity contribution in [2.24, 2.45) is 0 Å². The second-order valence-corrected chi connectivity index (χ2v) is 23.7. The monoisotopic (exact) mass is 611 g/mol. The standard InChI is InChI=1S/C29H38BrN3O3Si2/c1-28(2,3)37(7,8)33-26(34)23(24(30)27(33)35)22-19-17-18(36-38(9,10)29(4,5)6)14-15-20(19)32-25(22)21-13-11-12-16-31-21/h11-17,32H,1-10H3. The molecule has 202 valence electrons. The van der Waals surface area contributed by atoms with Gasteiger partial charge in [0.25, 0.3) is 11.8 Å². The third-order valence-electron chi connectivity index (χ3n) is 8.54. The van der Waals surface area contributed by atoms with Crippen LogP contribution in [0.15, 0.2) is 47.1 Å². The second-order valence-electron chi connectivity index (χ2n) is 13.1. The van der Waals surface area contributed by atoms with E-state index in [1.807, 2.05) is 36.4 Å². The fourth-order valence-corrected chi connectivity index (χ4v) is 7.85. The van der Waals surface area contributed by atoms with Crippen LogP contribution in [0.5, 0.6) is 5.75 Å². The van der Waals surface area contributed by atoms with Crippen LogP contribution >= 0.6 is 15.9 Å². The van der Waals surface area contributed by atoms with E-state index in [1.165, 1.54) is 4.57 Å². The predicted octanol–water partition coefficient (Wildman–Crippen LogP) is 8.09. The third-order valence-corrected chi connectivity index (χ3v) is 18.8. The molecular weight excluding hydrogens is 574 g/mol. The molecule has 0 fully saturated rings. The van der Waals surface area contributed by atoms with Gasteiger partial charge in [0.2, 0.25) is 8.32 Å². The van der Waals surface area contributed by atoms with Crippen LogP contribution in [0.25, 0.3) is 27.9 Å². The molecule has 0 bridgehead atoms. The fraction of sp³-hybridized carbons (Fsp3) is 0.414. The van der Waals surface area contributed by atoms with E-state index in [1.54, 1.807) is 6.20 Å². The van der Waals surface area contributed by atoms with Crippen LogP contribution in [0.4, 0.5) is 0 Å². The van der Waals surface area contributed by atoms with Gasteiger partial charge in [-0.3, -0.25) is 14.6 Å².